The van der Waals surface area contributed by atoms with Crippen molar-refractivity contribution in [2.45, 2.75) is 32.7 Å². The molecule has 1 saturated carbocycles. The quantitative estimate of drug-likeness (QED) is 0.911. The number of nitrogens with zero attached hydrogens (tertiary/aromatic N) is 3. The van der Waals surface area contributed by atoms with Gasteiger partial charge in [0.1, 0.15) is 12.2 Å². The molecule has 0 spiro atoms. The second kappa shape index (κ2) is 5.68. The molecule has 1 N–H and O–H groups in total. The number of hydrogen-bond acceptors (Lipinski definition) is 3. The number of amides is 1. The standard InChI is InChI=1S/C16H20N4O/c1-11-5-3-4-6-13(11)14-9-15(14)16(21)17-7-8-20-10-18-19-12(20)2/h3-6,10,14-15H,7-9H2,1-2H3,(H,17,21)/t14-,15+/m0/s1. The molecular weight excluding hydrogens is 264 g/mol. The second-order valence-electron chi connectivity index (χ2n) is 5.67. The van der Waals surface area contributed by atoms with Gasteiger partial charge in [-0.3, -0.25) is 4.79 Å². The SMILES string of the molecule is Cc1ccccc1[C@@H]1C[C@H]1C(=O)NCCn1cnnc1C. The molecule has 1 aliphatic carbocycles. The smallest absolute Gasteiger partial charge is 0.223 e. The molecule has 0 aliphatic heterocycles. The average Bonchev–Trinajstić information content (AvgIpc) is 3.17. The summed E-state index contributed by atoms with van der Waals surface area (Å²) in [6, 6.07) is 8.33. The molecule has 2 atom stereocenters. The lowest BCUT2D eigenvalue weighted by molar-refractivity contribution is -0.122. The van der Waals surface area contributed by atoms with Crippen molar-refractivity contribution in [2.24, 2.45) is 5.92 Å². The first kappa shape index (κ1) is 13.8. The van der Waals surface area contributed by atoms with Gasteiger partial charge in [-0.25, -0.2) is 0 Å². The van der Waals surface area contributed by atoms with Crippen molar-refractivity contribution < 1.29 is 4.79 Å². The van der Waals surface area contributed by atoms with Crippen molar-refractivity contribution in [1.29, 1.82) is 0 Å². The van der Waals surface area contributed by atoms with Crippen molar-refractivity contribution in [3.8, 4) is 0 Å². The van der Waals surface area contributed by atoms with Gasteiger partial charge >= 0.3 is 0 Å². The normalized spacial score (nSPS) is 20.3. The van der Waals surface area contributed by atoms with Crippen LogP contribution in [-0.2, 0) is 11.3 Å². The summed E-state index contributed by atoms with van der Waals surface area (Å²) < 4.78 is 1.94. The van der Waals surface area contributed by atoms with E-state index >= 15 is 0 Å². The van der Waals surface area contributed by atoms with Gasteiger partial charge in [0, 0.05) is 19.0 Å². The largest absolute Gasteiger partial charge is 0.354 e. The lowest BCUT2D eigenvalue weighted by Gasteiger charge is -2.07. The van der Waals surface area contributed by atoms with E-state index in [0.29, 0.717) is 19.0 Å². The summed E-state index contributed by atoms with van der Waals surface area (Å²) in [6.07, 6.45) is 2.65. The maximum absolute atomic E-state index is 12.2. The number of benzene rings is 1. The van der Waals surface area contributed by atoms with E-state index in [-0.39, 0.29) is 11.8 Å². The fraction of sp³-hybridized carbons (Fsp3) is 0.438. The number of aromatic nitrogens is 3. The van der Waals surface area contributed by atoms with Gasteiger partial charge in [-0.15, -0.1) is 10.2 Å². The first-order chi connectivity index (χ1) is 10.2. The first-order valence-electron chi connectivity index (χ1n) is 7.34. The fourth-order valence-corrected chi connectivity index (χ4v) is 2.79. The molecule has 5 heteroatoms. The van der Waals surface area contributed by atoms with Crippen LogP contribution in [0.2, 0.25) is 0 Å². The maximum Gasteiger partial charge on any atom is 0.223 e. The molecule has 1 fully saturated rings. The Morgan fingerprint density at radius 2 is 2.19 bits per heavy atom. The molecule has 0 saturated heterocycles. The minimum atomic E-state index is 0.133. The summed E-state index contributed by atoms with van der Waals surface area (Å²) in [4.78, 5) is 12.2. The Morgan fingerprint density at radius 1 is 1.38 bits per heavy atom. The van der Waals surface area contributed by atoms with Gasteiger partial charge in [0.25, 0.3) is 0 Å². The van der Waals surface area contributed by atoms with E-state index < -0.39 is 0 Å². The second-order valence-corrected chi connectivity index (χ2v) is 5.67. The summed E-state index contributed by atoms with van der Waals surface area (Å²) in [6.45, 7) is 5.35. The van der Waals surface area contributed by atoms with E-state index in [4.69, 9.17) is 0 Å². The van der Waals surface area contributed by atoms with Crippen molar-refractivity contribution >= 4 is 5.91 Å². The molecule has 0 radical (unpaired) electrons. The molecule has 1 aromatic heterocycles. The van der Waals surface area contributed by atoms with E-state index in [0.717, 1.165) is 12.2 Å². The molecule has 5 nitrogen and oxygen atoms in total. The third kappa shape index (κ3) is 2.96. The zero-order chi connectivity index (χ0) is 14.8. The Hall–Kier alpha value is -2.17. The number of nitrogens with one attached hydrogen (secondary N) is 1. The number of rotatable bonds is 5. The summed E-state index contributed by atoms with van der Waals surface area (Å²) in [5.74, 6) is 1.55. The lowest BCUT2D eigenvalue weighted by Crippen LogP contribution is -2.29. The molecule has 0 bridgehead atoms. The zero-order valence-electron chi connectivity index (χ0n) is 12.4. The van der Waals surface area contributed by atoms with Crippen molar-refractivity contribution in [3.63, 3.8) is 0 Å². The molecule has 1 aromatic carbocycles. The predicted molar refractivity (Wildman–Crippen MR) is 79.8 cm³/mol. The van der Waals surface area contributed by atoms with Gasteiger partial charge in [0.05, 0.1) is 0 Å². The Labute approximate surface area is 124 Å². The van der Waals surface area contributed by atoms with Crippen LogP contribution in [0.1, 0.15) is 29.3 Å². The highest BCUT2D eigenvalue weighted by molar-refractivity contribution is 5.83. The first-order valence-corrected chi connectivity index (χ1v) is 7.34. The average molecular weight is 284 g/mol. The Bertz CT molecular complexity index is 649. The van der Waals surface area contributed by atoms with Crippen LogP contribution in [0.3, 0.4) is 0 Å². The van der Waals surface area contributed by atoms with Gasteiger partial charge in [-0.1, -0.05) is 24.3 Å². The van der Waals surface area contributed by atoms with Gasteiger partial charge in [-0.2, -0.15) is 0 Å². The van der Waals surface area contributed by atoms with Crippen molar-refractivity contribution in [2.75, 3.05) is 6.54 Å². The molecular formula is C16H20N4O. The van der Waals surface area contributed by atoms with Gasteiger partial charge in [-0.05, 0) is 37.3 Å². The molecule has 0 unspecified atom stereocenters. The third-order valence-electron chi connectivity index (χ3n) is 4.18. The Kier molecular flexibility index (Phi) is 3.73. The number of aryl methyl sites for hydroxylation is 2. The molecule has 2 aromatic rings. The highest BCUT2D eigenvalue weighted by Crippen LogP contribution is 2.48. The lowest BCUT2D eigenvalue weighted by atomic mass is 10.0. The number of carbonyl (C=O) groups excluding carboxylic acids is 1. The summed E-state index contributed by atoms with van der Waals surface area (Å²) in [5, 5.41) is 10.8. The van der Waals surface area contributed by atoms with Crippen LogP contribution in [-0.4, -0.2) is 27.2 Å². The van der Waals surface area contributed by atoms with Gasteiger partial charge < -0.3 is 9.88 Å². The molecule has 21 heavy (non-hydrogen) atoms. The van der Waals surface area contributed by atoms with Crippen LogP contribution in [0.15, 0.2) is 30.6 Å². The third-order valence-corrected chi connectivity index (χ3v) is 4.18. The van der Waals surface area contributed by atoms with E-state index in [1.807, 2.05) is 23.6 Å². The van der Waals surface area contributed by atoms with Crippen LogP contribution in [0.25, 0.3) is 0 Å². The summed E-state index contributed by atoms with van der Waals surface area (Å²) in [5.41, 5.74) is 2.59. The van der Waals surface area contributed by atoms with Crippen LogP contribution in [0.5, 0.6) is 0 Å². The number of hydrogen-bond donors (Lipinski definition) is 1. The zero-order valence-corrected chi connectivity index (χ0v) is 12.4. The molecule has 110 valence electrons. The van der Waals surface area contributed by atoms with Crippen molar-refractivity contribution in [3.05, 3.63) is 47.5 Å². The van der Waals surface area contributed by atoms with Crippen LogP contribution in [0, 0.1) is 19.8 Å². The Balaban J connectivity index is 1.50. The van der Waals surface area contributed by atoms with Crippen LogP contribution >= 0.6 is 0 Å². The highest BCUT2D eigenvalue weighted by Gasteiger charge is 2.44. The van der Waals surface area contributed by atoms with Gasteiger partial charge in [0.15, 0.2) is 0 Å². The molecule has 1 amide bonds. The van der Waals surface area contributed by atoms with Crippen LogP contribution in [0.4, 0.5) is 0 Å². The van der Waals surface area contributed by atoms with E-state index in [2.05, 4.69) is 34.6 Å². The fourth-order valence-electron chi connectivity index (χ4n) is 2.79. The predicted octanol–water partition coefficient (Wildman–Crippen LogP) is 1.81. The van der Waals surface area contributed by atoms with Crippen LogP contribution < -0.4 is 5.32 Å². The van der Waals surface area contributed by atoms with E-state index in [1.54, 1.807) is 6.33 Å². The summed E-state index contributed by atoms with van der Waals surface area (Å²) in [7, 11) is 0. The van der Waals surface area contributed by atoms with Crippen molar-refractivity contribution in [1.82, 2.24) is 20.1 Å². The molecule has 1 heterocycles. The van der Waals surface area contributed by atoms with E-state index in [1.165, 1.54) is 11.1 Å². The molecule has 3 rings (SSSR count). The highest BCUT2D eigenvalue weighted by atomic mass is 16.2. The molecule has 1 aliphatic rings. The maximum atomic E-state index is 12.2. The van der Waals surface area contributed by atoms with Gasteiger partial charge in [0.2, 0.25) is 5.91 Å². The monoisotopic (exact) mass is 284 g/mol. The summed E-state index contributed by atoms with van der Waals surface area (Å²) >= 11 is 0. The topological polar surface area (TPSA) is 59.8 Å². The minimum Gasteiger partial charge on any atom is -0.354 e. The number of carbonyl (C=O) groups is 1. The van der Waals surface area contributed by atoms with E-state index in [9.17, 15) is 4.79 Å². The Morgan fingerprint density at radius 3 is 2.90 bits per heavy atom. The minimum absolute atomic E-state index is 0.133.